The molecule has 1 fully saturated rings. The fraction of sp³-hybridized carbons (Fsp3) is 0.286. The van der Waals surface area contributed by atoms with Crippen LogP contribution in [0.4, 0.5) is 11.6 Å². The van der Waals surface area contributed by atoms with Gasteiger partial charge < -0.3 is 20.7 Å². The van der Waals surface area contributed by atoms with Crippen LogP contribution in [0.1, 0.15) is 19.3 Å². The van der Waals surface area contributed by atoms with Gasteiger partial charge >= 0.3 is 0 Å². The number of likely N-dealkylation sites (tertiary alicyclic amines) is 1. The number of aldehydes is 1. The minimum Gasteiger partial charge on any atom is -0.457 e. The lowest BCUT2D eigenvalue weighted by Gasteiger charge is -2.32. The standard InChI is InChI=1S/C28H32N6O2/c1-3-6-24(4-2)36-25-10-8-23(9-11-25)26-27(30)32-20-33-28(26)31-18-21-12-15-34(16-13-21)14-5-7-22(17-29)19-35/h3-4,6-11,19-21H,1-2,5,12-16,18H2,(H3,30,31,32,33)/b22-7-,24-6+. The van der Waals surface area contributed by atoms with Crippen LogP contribution >= 0.6 is 0 Å². The smallest absolute Gasteiger partial charge is 0.160 e. The molecule has 3 rings (SSSR count). The van der Waals surface area contributed by atoms with Gasteiger partial charge in [-0.1, -0.05) is 37.4 Å². The van der Waals surface area contributed by atoms with Crippen molar-refractivity contribution < 1.29 is 9.53 Å². The molecular formula is C28H32N6O2. The molecule has 0 bridgehead atoms. The van der Waals surface area contributed by atoms with Crippen LogP contribution in [0.5, 0.6) is 5.75 Å². The Hall–Kier alpha value is -4.22. The van der Waals surface area contributed by atoms with Crippen molar-refractivity contribution >= 4 is 17.9 Å². The van der Waals surface area contributed by atoms with Gasteiger partial charge in [-0.2, -0.15) is 5.26 Å². The molecule has 36 heavy (non-hydrogen) atoms. The topological polar surface area (TPSA) is 117 Å². The average Bonchev–Trinajstić information content (AvgIpc) is 2.91. The molecule has 2 heterocycles. The van der Waals surface area contributed by atoms with Crippen LogP contribution in [0.3, 0.4) is 0 Å². The van der Waals surface area contributed by atoms with Gasteiger partial charge in [-0.3, -0.25) is 4.79 Å². The van der Waals surface area contributed by atoms with Crippen LogP contribution in [-0.4, -0.2) is 47.3 Å². The van der Waals surface area contributed by atoms with Crippen molar-refractivity contribution in [2.45, 2.75) is 19.3 Å². The SMILES string of the molecule is C=C/C=C(\C=C)Oc1ccc(-c2c(N)ncnc2NCC2CCN(CC/C=C(/C#N)C=O)CC2)cc1. The van der Waals surface area contributed by atoms with E-state index in [2.05, 4.69) is 33.3 Å². The number of ether oxygens (including phenoxy) is 1. The maximum Gasteiger partial charge on any atom is 0.160 e. The quantitative estimate of drug-likeness (QED) is 0.148. The van der Waals surface area contributed by atoms with E-state index in [1.165, 1.54) is 6.33 Å². The second-order valence-electron chi connectivity index (χ2n) is 8.46. The largest absolute Gasteiger partial charge is 0.457 e. The van der Waals surface area contributed by atoms with E-state index in [4.69, 9.17) is 15.7 Å². The molecule has 0 aliphatic carbocycles. The molecule has 1 aromatic heterocycles. The molecule has 1 saturated heterocycles. The molecule has 0 atom stereocenters. The number of benzene rings is 1. The molecule has 1 aliphatic rings. The van der Waals surface area contributed by atoms with Gasteiger partial charge in [0.25, 0.3) is 0 Å². The number of nitrogens with two attached hydrogens (primary N) is 1. The summed E-state index contributed by atoms with van der Waals surface area (Å²) in [6.45, 7) is 11.0. The highest BCUT2D eigenvalue weighted by Crippen LogP contribution is 2.32. The van der Waals surface area contributed by atoms with Crippen molar-refractivity contribution in [1.29, 1.82) is 5.26 Å². The monoisotopic (exact) mass is 484 g/mol. The molecule has 0 unspecified atom stereocenters. The lowest BCUT2D eigenvalue weighted by Crippen LogP contribution is -2.36. The highest BCUT2D eigenvalue weighted by atomic mass is 16.5. The van der Waals surface area contributed by atoms with Gasteiger partial charge in [0.2, 0.25) is 0 Å². The Morgan fingerprint density at radius 1 is 1.25 bits per heavy atom. The van der Waals surface area contributed by atoms with Gasteiger partial charge in [-0.25, -0.2) is 9.97 Å². The Bertz CT molecular complexity index is 1160. The third kappa shape index (κ3) is 7.39. The highest BCUT2D eigenvalue weighted by molar-refractivity contribution is 5.83. The third-order valence-electron chi connectivity index (χ3n) is 6.07. The number of aromatic nitrogens is 2. The average molecular weight is 485 g/mol. The van der Waals surface area contributed by atoms with E-state index in [1.54, 1.807) is 24.3 Å². The molecule has 0 spiro atoms. The molecule has 186 valence electrons. The van der Waals surface area contributed by atoms with E-state index in [9.17, 15) is 4.79 Å². The minimum atomic E-state index is 0.197. The van der Waals surface area contributed by atoms with Gasteiger partial charge in [-0.15, -0.1) is 0 Å². The van der Waals surface area contributed by atoms with Crippen LogP contribution in [0.15, 0.2) is 79.4 Å². The maximum absolute atomic E-state index is 10.7. The summed E-state index contributed by atoms with van der Waals surface area (Å²) in [7, 11) is 0. The van der Waals surface area contributed by atoms with Gasteiger partial charge in [0, 0.05) is 13.1 Å². The molecule has 1 aliphatic heterocycles. The van der Waals surface area contributed by atoms with E-state index in [0.717, 1.165) is 50.1 Å². The number of nitrogens with zero attached hydrogens (tertiary/aromatic N) is 4. The Kier molecular flexibility index (Phi) is 9.98. The molecule has 8 nitrogen and oxygen atoms in total. The first-order valence-electron chi connectivity index (χ1n) is 11.9. The zero-order valence-corrected chi connectivity index (χ0v) is 20.4. The van der Waals surface area contributed by atoms with Crippen molar-refractivity contribution in [3.05, 3.63) is 79.4 Å². The van der Waals surface area contributed by atoms with Crippen LogP contribution < -0.4 is 15.8 Å². The number of hydrogen-bond donors (Lipinski definition) is 2. The zero-order chi connectivity index (χ0) is 25.8. The highest BCUT2D eigenvalue weighted by Gasteiger charge is 2.20. The second-order valence-corrected chi connectivity index (χ2v) is 8.46. The summed E-state index contributed by atoms with van der Waals surface area (Å²) in [5.74, 6) is 2.91. The number of nitrogen functional groups attached to an aromatic ring is 1. The van der Waals surface area contributed by atoms with Crippen LogP contribution in [-0.2, 0) is 4.79 Å². The number of rotatable bonds is 12. The molecule has 0 saturated carbocycles. The maximum atomic E-state index is 10.7. The van der Waals surface area contributed by atoms with E-state index in [0.29, 0.717) is 41.8 Å². The fourth-order valence-corrected chi connectivity index (χ4v) is 4.08. The third-order valence-corrected chi connectivity index (χ3v) is 6.07. The molecule has 8 heteroatoms. The van der Waals surface area contributed by atoms with Gasteiger partial charge in [-0.05, 0) is 68.1 Å². The Labute approximate surface area is 212 Å². The van der Waals surface area contributed by atoms with Crippen molar-refractivity contribution in [3.8, 4) is 22.9 Å². The first-order chi connectivity index (χ1) is 17.6. The first-order valence-corrected chi connectivity index (χ1v) is 11.9. The molecular weight excluding hydrogens is 452 g/mol. The number of hydrogen-bond acceptors (Lipinski definition) is 8. The fourth-order valence-electron chi connectivity index (χ4n) is 4.08. The van der Waals surface area contributed by atoms with E-state index >= 15 is 0 Å². The Morgan fingerprint density at radius 2 is 2.00 bits per heavy atom. The normalized spacial score (nSPS) is 15.1. The summed E-state index contributed by atoms with van der Waals surface area (Å²) >= 11 is 0. The minimum absolute atomic E-state index is 0.197. The second kappa shape index (κ2) is 13.6. The molecule has 3 N–H and O–H groups in total. The summed E-state index contributed by atoms with van der Waals surface area (Å²) in [5.41, 5.74) is 8.10. The van der Waals surface area contributed by atoms with Crippen LogP contribution in [0.2, 0.25) is 0 Å². The number of anilines is 2. The summed E-state index contributed by atoms with van der Waals surface area (Å²) in [6.07, 6.45) is 11.6. The molecule has 0 radical (unpaired) electrons. The van der Waals surface area contributed by atoms with Gasteiger partial charge in [0.05, 0.1) is 11.1 Å². The van der Waals surface area contributed by atoms with E-state index in [-0.39, 0.29) is 5.57 Å². The predicted molar refractivity (Wildman–Crippen MR) is 143 cm³/mol. The molecule has 0 amide bonds. The summed E-state index contributed by atoms with van der Waals surface area (Å²) in [6, 6.07) is 9.49. The number of nitrogens with one attached hydrogen (secondary N) is 1. The van der Waals surface area contributed by atoms with Crippen LogP contribution in [0, 0.1) is 17.2 Å². The zero-order valence-electron chi connectivity index (χ0n) is 20.4. The summed E-state index contributed by atoms with van der Waals surface area (Å²) in [5, 5.41) is 12.3. The number of nitriles is 1. The lowest BCUT2D eigenvalue weighted by molar-refractivity contribution is -0.104. The Balaban J connectivity index is 1.58. The van der Waals surface area contributed by atoms with E-state index < -0.39 is 0 Å². The van der Waals surface area contributed by atoms with Crippen LogP contribution in [0.25, 0.3) is 11.1 Å². The predicted octanol–water partition coefficient (Wildman–Crippen LogP) is 4.52. The number of carbonyl (C=O) groups is 1. The van der Waals surface area contributed by atoms with Crippen molar-refractivity contribution in [1.82, 2.24) is 14.9 Å². The summed E-state index contributed by atoms with van der Waals surface area (Å²) in [4.78, 5) is 21.7. The first kappa shape index (κ1) is 26.4. The number of piperidine rings is 1. The van der Waals surface area contributed by atoms with Crippen molar-refractivity contribution in [3.63, 3.8) is 0 Å². The van der Waals surface area contributed by atoms with Crippen molar-refractivity contribution in [2.24, 2.45) is 5.92 Å². The van der Waals surface area contributed by atoms with Gasteiger partial charge in [0.15, 0.2) is 6.29 Å². The number of carbonyl (C=O) groups excluding carboxylic acids is 1. The van der Waals surface area contributed by atoms with Gasteiger partial charge in [0.1, 0.15) is 35.5 Å². The van der Waals surface area contributed by atoms with Crippen molar-refractivity contribution in [2.75, 3.05) is 37.2 Å². The van der Waals surface area contributed by atoms with E-state index in [1.807, 2.05) is 30.3 Å². The summed E-state index contributed by atoms with van der Waals surface area (Å²) < 4.78 is 5.80. The Morgan fingerprint density at radius 3 is 2.64 bits per heavy atom. The molecule has 1 aromatic carbocycles. The lowest BCUT2D eigenvalue weighted by atomic mass is 9.96. The number of allylic oxidation sites excluding steroid dienone is 4. The molecule has 2 aromatic rings.